The van der Waals surface area contributed by atoms with Gasteiger partial charge in [-0.05, 0) is 63.1 Å². The van der Waals surface area contributed by atoms with Gasteiger partial charge in [0.2, 0.25) is 11.9 Å². The molecule has 0 saturated carbocycles. The molecular formula is C23H24ClN5O2S. The fourth-order valence-electron chi connectivity index (χ4n) is 3.55. The second-order valence-electron chi connectivity index (χ2n) is 7.65. The molecule has 2 heterocycles. The van der Waals surface area contributed by atoms with Crippen LogP contribution in [-0.4, -0.2) is 44.8 Å². The van der Waals surface area contributed by atoms with Gasteiger partial charge in [-0.25, -0.2) is 0 Å². The molecule has 9 heteroatoms. The molecule has 3 aromatic rings. The van der Waals surface area contributed by atoms with E-state index in [1.54, 1.807) is 24.3 Å². The smallest absolute Gasteiger partial charge is 0.237 e. The van der Waals surface area contributed by atoms with Crippen LogP contribution in [0.2, 0.25) is 5.02 Å². The van der Waals surface area contributed by atoms with Crippen molar-refractivity contribution in [3.63, 3.8) is 0 Å². The van der Waals surface area contributed by atoms with E-state index >= 15 is 0 Å². The number of hydrogen-bond donors (Lipinski definition) is 1. The highest BCUT2D eigenvalue weighted by molar-refractivity contribution is 8.00. The minimum absolute atomic E-state index is 0.0143. The van der Waals surface area contributed by atoms with Gasteiger partial charge in [0.15, 0.2) is 10.9 Å². The molecule has 0 aliphatic carbocycles. The lowest BCUT2D eigenvalue weighted by atomic mass is 10.1. The lowest BCUT2D eigenvalue weighted by Crippen LogP contribution is -2.24. The number of rotatable bonds is 7. The summed E-state index contributed by atoms with van der Waals surface area (Å²) in [4.78, 5) is 26.5. The molecule has 1 atom stereocenters. The summed E-state index contributed by atoms with van der Waals surface area (Å²) >= 11 is 7.83. The molecule has 0 radical (unpaired) electrons. The van der Waals surface area contributed by atoms with E-state index in [-0.39, 0.29) is 11.7 Å². The molecule has 4 rings (SSSR count). The Balaban J connectivity index is 1.56. The Kier molecular flexibility index (Phi) is 6.81. The van der Waals surface area contributed by atoms with Gasteiger partial charge in [-0.1, -0.05) is 35.5 Å². The summed E-state index contributed by atoms with van der Waals surface area (Å²) in [5.41, 5.74) is 2.03. The lowest BCUT2D eigenvalue weighted by Gasteiger charge is -2.19. The molecule has 32 heavy (non-hydrogen) atoms. The van der Waals surface area contributed by atoms with Crippen molar-refractivity contribution in [2.24, 2.45) is 0 Å². The third-order valence-electron chi connectivity index (χ3n) is 5.31. The normalized spacial score (nSPS) is 14.4. The number of nitrogens with one attached hydrogen (secondary N) is 1. The average molecular weight is 470 g/mol. The number of halogens is 1. The highest BCUT2D eigenvalue weighted by Gasteiger charge is 2.26. The maximum absolute atomic E-state index is 12.8. The molecule has 1 unspecified atom stereocenters. The zero-order valence-corrected chi connectivity index (χ0v) is 19.5. The zero-order chi connectivity index (χ0) is 22.7. The van der Waals surface area contributed by atoms with Crippen LogP contribution in [0.5, 0.6) is 0 Å². The SMILES string of the molecule is CC(=O)c1ccc(NC(=O)C(C)Sc2nnc(N3CCCC3)n2-c2ccccc2Cl)cc1. The monoisotopic (exact) mass is 469 g/mol. The molecule has 1 aliphatic rings. The minimum Gasteiger partial charge on any atom is -0.341 e. The molecule has 0 spiro atoms. The quantitative estimate of drug-likeness (QED) is 0.394. The second kappa shape index (κ2) is 9.75. The Labute approximate surface area is 196 Å². The van der Waals surface area contributed by atoms with Crippen molar-refractivity contribution in [3.8, 4) is 5.69 Å². The van der Waals surface area contributed by atoms with Crippen molar-refractivity contribution in [3.05, 3.63) is 59.1 Å². The Morgan fingerprint density at radius 1 is 1.06 bits per heavy atom. The van der Waals surface area contributed by atoms with E-state index in [0.717, 1.165) is 37.6 Å². The fourth-order valence-corrected chi connectivity index (χ4v) is 4.62. The predicted molar refractivity (Wildman–Crippen MR) is 128 cm³/mol. The molecule has 1 aromatic heterocycles. The average Bonchev–Trinajstić information content (AvgIpc) is 3.44. The van der Waals surface area contributed by atoms with Gasteiger partial charge < -0.3 is 10.2 Å². The van der Waals surface area contributed by atoms with E-state index in [2.05, 4.69) is 20.4 Å². The van der Waals surface area contributed by atoms with Crippen LogP contribution in [0, 0.1) is 0 Å². The summed E-state index contributed by atoms with van der Waals surface area (Å²) in [6, 6.07) is 14.4. The number of nitrogens with zero attached hydrogens (tertiary/aromatic N) is 4. The Bertz CT molecular complexity index is 1130. The zero-order valence-electron chi connectivity index (χ0n) is 17.9. The van der Waals surface area contributed by atoms with Gasteiger partial charge in [0.05, 0.1) is 16.0 Å². The molecule has 1 saturated heterocycles. The van der Waals surface area contributed by atoms with Gasteiger partial charge in [0.25, 0.3) is 0 Å². The Hall–Kier alpha value is -2.84. The molecule has 2 aromatic carbocycles. The number of aromatic nitrogens is 3. The molecule has 1 aliphatic heterocycles. The number of carbonyl (C=O) groups excluding carboxylic acids is 2. The van der Waals surface area contributed by atoms with E-state index < -0.39 is 5.25 Å². The number of Topliss-reactive ketones (excluding diaryl/α,β-unsaturated/α-hetero) is 1. The summed E-state index contributed by atoms with van der Waals surface area (Å²) in [6.45, 7) is 5.17. The maximum atomic E-state index is 12.8. The molecular weight excluding hydrogens is 446 g/mol. The minimum atomic E-state index is -0.431. The van der Waals surface area contributed by atoms with E-state index in [4.69, 9.17) is 11.6 Å². The number of carbonyl (C=O) groups is 2. The number of hydrogen-bond acceptors (Lipinski definition) is 6. The molecule has 0 bridgehead atoms. The van der Waals surface area contributed by atoms with Gasteiger partial charge in [-0.3, -0.25) is 14.2 Å². The van der Waals surface area contributed by atoms with Crippen LogP contribution in [-0.2, 0) is 4.79 Å². The van der Waals surface area contributed by atoms with Crippen molar-refractivity contribution < 1.29 is 9.59 Å². The van der Waals surface area contributed by atoms with Gasteiger partial charge in [-0.15, -0.1) is 10.2 Å². The van der Waals surface area contributed by atoms with Crippen LogP contribution in [0.15, 0.2) is 53.7 Å². The summed E-state index contributed by atoms with van der Waals surface area (Å²) in [5.74, 6) is 0.562. The van der Waals surface area contributed by atoms with Crippen LogP contribution < -0.4 is 10.2 Å². The van der Waals surface area contributed by atoms with Crippen LogP contribution in [0.3, 0.4) is 0 Å². The van der Waals surface area contributed by atoms with E-state index in [0.29, 0.717) is 21.4 Å². The number of amides is 1. The molecule has 1 fully saturated rings. The van der Waals surface area contributed by atoms with Gasteiger partial charge in [0, 0.05) is 24.3 Å². The molecule has 1 amide bonds. The molecule has 1 N–H and O–H groups in total. The number of anilines is 2. The summed E-state index contributed by atoms with van der Waals surface area (Å²) in [6.07, 6.45) is 2.22. The highest BCUT2D eigenvalue weighted by atomic mass is 35.5. The van der Waals surface area contributed by atoms with E-state index in [1.165, 1.54) is 18.7 Å². The van der Waals surface area contributed by atoms with Crippen LogP contribution >= 0.6 is 23.4 Å². The summed E-state index contributed by atoms with van der Waals surface area (Å²) in [5, 5.41) is 12.5. The highest BCUT2D eigenvalue weighted by Crippen LogP contribution is 2.33. The maximum Gasteiger partial charge on any atom is 0.237 e. The Morgan fingerprint density at radius 2 is 1.75 bits per heavy atom. The van der Waals surface area contributed by atoms with Gasteiger partial charge in [0.1, 0.15) is 0 Å². The first-order chi connectivity index (χ1) is 15.4. The Morgan fingerprint density at radius 3 is 2.41 bits per heavy atom. The standard InChI is InChI=1S/C23H24ClN5O2S/c1-15(30)17-9-11-18(12-10-17)25-21(31)16(2)32-23-27-26-22(28-13-5-6-14-28)29(23)20-8-4-3-7-19(20)24/h3-4,7-12,16H,5-6,13-14H2,1-2H3,(H,25,31). The van der Waals surface area contributed by atoms with Crippen LogP contribution in [0.4, 0.5) is 11.6 Å². The van der Waals surface area contributed by atoms with Gasteiger partial charge in [-0.2, -0.15) is 0 Å². The molecule has 166 valence electrons. The molecule has 7 nitrogen and oxygen atoms in total. The summed E-state index contributed by atoms with van der Waals surface area (Å²) in [7, 11) is 0. The summed E-state index contributed by atoms with van der Waals surface area (Å²) < 4.78 is 1.93. The van der Waals surface area contributed by atoms with Crippen molar-refractivity contribution >= 4 is 46.7 Å². The van der Waals surface area contributed by atoms with Crippen molar-refractivity contribution in [2.75, 3.05) is 23.3 Å². The number of ketones is 1. The van der Waals surface area contributed by atoms with Crippen LogP contribution in [0.25, 0.3) is 5.69 Å². The third-order valence-corrected chi connectivity index (χ3v) is 6.67. The lowest BCUT2D eigenvalue weighted by molar-refractivity contribution is -0.115. The van der Waals surface area contributed by atoms with Crippen molar-refractivity contribution in [2.45, 2.75) is 37.1 Å². The second-order valence-corrected chi connectivity index (χ2v) is 9.36. The first kappa shape index (κ1) is 22.4. The predicted octanol–water partition coefficient (Wildman–Crippen LogP) is 4.84. The largest absolute Gasteiger partial charge is 0.341 e. The topological polar surface area (TPSA) is 80.1 Å². The van der Waals surface area contributed by atoms with Crippen molar-refractivity contribution in [1.29, 1.82) is 0 Å². The number of para-hydroxylation sites is 1. The van der Waals surface area contributed by atoms with E-state index in [9.17, 15) is 9.59 Å². The van der Waals surface area contributed by atoms with Crippen LogP contribution in [0.1, 0.15) is 37.0 Å². The third kappa shape index (κ3) is 4.81. The number of benzene rings is 2. The number of thioether (sulfide) groups is 1. The van der Waals surface area contributed by atoms with Crippen molar-refractivity contribution in [1.82, 2.24) is 14.8 Å². The first-order valence-electron chi connectivity index (χ1n) is 10.5. The first-order valence-corrected chi connectivity index (χ1v) is 11.7. The van der Waals surface area contributed by atoms with E-state index in [1.807, 2.05) is 35.8 Å². The fraction of sp³-hybridized carbons (Fsp3) is 0.304. The van der Waals surface area contributed by atoms with Gasteiger partial charge >= 0.3 is 0 Å².